The van der Waals surface area contributed by atoms with Crippen molar-refractivity contribution in [2.24, 2.45) is 7.05 Å². The highest BCUT2D eigenvalue weighted by Gasteiger charge is 2.37. The summed E-state index contributed by atoms with van der Waals surface area (Å²) in [7, 11) is -3.21. The summed E-state index contributed by atoms with van der Waals surface area (Å²) >= 11 is 0. The molecule has 0 spiro atoms. The highest BCUT2D eigenvalue weighted by atomic mass is 32.2. The zero-order valence-electron chi connectivity index (χ0n) is 18.5. The zero-order valence-corrected chi connectivity index (χ0v) is 19.3. The molecule has 0 saturated carbocycles. The molecule has 1 saturated heterocycles. The third kappa shape index (κ3) is 3.96. The Morgan fingerprint density at radius 1 is 1.15 bits per heavy atom. The van der Waals surface area contributed by atoms with E-state index in [0.29, 0.717) is 31.7 Å². The fraction of sp³-hybridized carbons (Fsp3) is 0.571. The number of hydroxylamine groups is 1. The van der Waals surface area contributed by atoms with Crippen LogP contribution in [0.4, 0.5) is 16.3 Å². The molecule has 1 aromatic carbocycles. The van der Waals surface area contributed by atoms with Gasteiger partial charge in [-0.3, -0.25) is 4.47 Å². The number of aryl methyl sites for hydroxylation is 3. The van der Waals surface area contributed by atoms with Gasteiger partial charge in [-0.2, -0.15) is 18.3 Å². The second-order valence-electron chi connectivity index (χ2n) is 8.73. The molecule has 178 valence electrons. The van der Waals surface area contributed by atoms with Crippen molar-refractivity contribution < 1.29 is 17.9 Å². The molecule has 2 amide bonds. The third-order valence-corrected chi connectivity index (χ3v) is 8.23. The first-order chi connectivity index (χ1) is 15.9. The monoisotopic (exact) mass is 475 g/mol. The molecule has 33 heavy (non-hydrogen) atoms. The molecule has 3 aliphatic rings. The molecule has 1 fully saturated rings. The van der Waals surface area contributed by atoms with Crippen LogP contribution in [0.5, 0.6) is 0 Å². The van der Waals surface area contributed by atoms with E-state index in [4.69, 9.17) is 4.74 Å². The Kier molecular flexibility index (Phi) is 5.75. The summed E-state index contributed by atoms with van der Waals surface area (Å²) in [5.74, 6) is -0.000422. The Morgan fingerprint density at radius 3 is 2.36 bits per heavy atom. The summed E-state index contributed by atoms with van der Waals surface area (Å²) in [4.78, 5) is 14.2. The van der Waals surface area contributed by atoms with E-state index < -0.39 is 26.8 Å². The van der Waals surface area contributed by atoms with Crippen molar-refractivity contribution in [2.75, 3.05) is 22.8 Å². The molecular weight excluding hydrogens is 448 g/mol. The molecule has 0 atom stereocenters. The number of urea groups is 1. The van der Waals surface area contributed by atoms with Gasteiger partial charge < -0.3 is 15.3 Å². The first-order valence-corrected chi connectivity index (χ1v) is 12.7. The average Bonchev–Trinajstić information content (AvgIpc) is 3.55. The summed E-state index contributed by atoms with van der Waals surface area (Å²) in [5.41, 5.74) is 5.01. The van der Waals surface area contributed by atoms with Gasteiger partial charge in [-0.1, -0.05) is 6.07 Å². The van der Waals surface area contributed by atoms with E-state index in [1.165, 1.54) is 22.1 Å². The topological polar surface area (TPSA) is 133 Å². The standard InChI is InChI=1S/C21H27N6O5S/c1-25-22-13-19(24-25)26(16-8-10-32-11-9-16)33(30,31)27(29)21(28)23-20-17-6-2-4-14(17)12-15-5-3-7-18(15)20/h12-13,16H,2-11H2,1H3,(H,23,28)/q-1. The summed E-state index contributed by atoms with van der Waals surface area (Å²) < 4.78 is 32.6. The lowest BCUT2D eigenvalue weighted by atomic mass is 9.99. The molecular formula is C21H27N6O5S-. The first-order valence-electron chi connectivity index (χ1n) is 11.3. The van der Waals surface area contributed by atoms with Gasteiger partial charge in [0.25, 0.3) is 0 Å². The van der Waals surface area contributed by atoms with Crippen LogP contribution in [-0.2, 0) is 47.7 Å². The number of fused-ring (bicyclic) bond motifs is 2. The van der Waals surface area contributed by atoms with Crippen molar-refractivity contribution in [1.29, 1.82) is 0 Å². The number of carbonyl (C=O) groups excluding carboxylic acids is 1. The molecule has 5 rings (SSSR count). The van der Waals surface area contributed by atoms with Crippen molar-refractivity contribution in [3.8, 4) is 0 Å². The number of benzene rings is 1. The van der Waals surface area contributed by atoms with Gasteiger partial charge in [0.1, 0.15) is 0 Å². The van der Waals surface area contributed by atoms with Gasteiger partial charge in [-0.25, -0.2) is 9.10 Å². The number of rotatable bonds is 5. The lowest BCUT2D eigenvalue weighted by molar-refractivity contribution is 0.0873. The Bertz CT molecular complexity index is 1140. The molecule has 0 unspecified atom stereocenters. The molecule has 2 aromatic rings. The van der Waals surface area contributed by atoms with Gasteiger partial charge in [0, 0.05) is 25.9 Å². The number of hydrogen-bond acceptors (Lipinski definition) is 7. The molecule has 0 bridgehead atoms. The number of nitrogens with one attached hydrogen (secondary N) is 1. The van der Waals surface area contributed by atoms with Gasteiger partial charge in [-0.05, 0) is 73.6 Å². The number of hydrogen-bond donors (Lipinski definition) is 1. The highest BCUT2D eigenvalue weighted by molar-refractivity contribution is 7.91. The second-order valence-corrected chi connectivity index (χ2v) is 10.4. The van der Waals surface area contributed by atoms with Crippen molar-refractivity contribution in [3.63, 3.8) is 0 Å². The normalized spacial score (nSPS) is 18.1. The summed E-state index contributed by atoms with van der Waals surface area (Å²) in [6.45, 7) is 0.703. The van der Waals surface area contributed by atoms with E-state index >= 15 is 0 Å². The van der Waals surface area contributed by atoms with Crippen LogP contribution in [-0.4, -0.2) is 53.2 Å². The summed E-state index contributed by atoms with van der Waals surface area (Å²) in [6, 6.07) is 0.424. The Morgan fingerprint density at radius 2 is 1.79 bits per heavy atom. The average molecular weight is 476 g/mol. The largest absolute Gasteiger partial charge is 0.740 e. The number of anilines is 2. The van der Waals surface area contributed by atoms with Crippen molar-refractivity contribution in [2.45, 2.75) is 57.4 Å². The van der Waals surface area contributed by atoms with Gasteiger partial charge in [0.2, 0.25) is 0 Å². The van der Waals surface area contributed by atoms with E-state index in [1.807, 2.05) is 0 Å². The van der Waals surface area contributed by atoms with Crippen LogP contribution in [0, 0.1) is 5.21 Å². The minimum absolute atomic E-state index is 0.000422. The van der Waals surface area contributed by atoms with Crippen LogP contribution in [0.15, 0.2) is 12.3 Å². The molecule has 2 aliphatic carbocycles. The van der Waals surface area contributed by atoms with Crippen molar-refractivity contribution >= 4 is 27.7 Å². The maximum atomic E-state index is 13.4. The predicted octanol–water partition coefficient (Wildman–Crippen LogP) is 2.05. The Hall–Kier alpha value is -2.70. The molecule has 1 N–H and O–H groups in total. The number of amides is 2. The van der Waals surface area contributed by atoms with Crippen LogP contribution in [0.3, 0.4) is 0 Å². The van der Waals surface area contributed by atoms with E-state index in [2.05, 4.69) is 21.6 Å². The Labute approximate surface area is 192 Å². The molecule has 1 aromatic heterocycles. The zero-order chi connectivity index (χ0) is 23.2. The molecule has 0 radical (unpaired) electrons. The number of ether oxygens (including phenoxy) is 1. The minimum Gasteiger partial charge on any atom is -0.740 e. The van der Waals surface area contributed by atoms with Crippen LogP contribution >= 0.6 is 0 Å². The Balaban J connectivity index is 1.45. The smallest absolute Gasteiger partial charge is 0.326 e. The maximum Gasteiger partial charge on any atom is 0.326 e. The van der Waals surface area contributed by atoms with Crippen LogP contribution in [0.1, 0.15) is 47.9 Å². The third-order valence-electron chi connectivity index (χ3n) is 6.66. The fourth-order valence-corrected chi connectivity index (χ4v) is 6.48. The van der Waals surface area contributed by atoms with E-state index in [0.717, 1.165) is 54.0 Å². The molecule has 12 heteroatoms. The quantitative estimate of drug-likeness (QED) is 0.655. The number of aromatic nitrogens is 3. The van der Waals surface area contributed by atoms with Crippen LogP contribution in [0.25, 0.3) is 0 Å². The number of nitrogens with zero attached hydrogens (tertiary/aromatic N) is 5. The lowest BCUT2D eigenvalue weighted by Crippen LogP contribution is -2.51. The van der Waals surface area contributed by atoms with Crippen molar-refractivity contribution in [1.82, 2.24) is 19.5 Å². The second kappa shape index (κ2) is 8.58. The summed E-state index contributed by atoms with van der Waals surface area (Å²) in [5, 5.41) is 23.7. The van der Waals surface area contributed by atoms with Gasteiger partial charge in [0.05, 0.1) is 12.2 Å². The van der Waals surface area contributed by atoms with E-state index in [9.17, 15) is 18.4 Å². The molecule has 11 nitrogen and oxygen atoms in total. The molecule has 2 heterocycles. The van der Waals surface area contributed by atoms with Crippen molar-refractivity contribution in [3.05, 3.63) is 39.7 Å². The van der Waals surface area contributed by atoms with Crippen LogP contribution < -0.4 is 9.62 Å². The maximum absolute atomic E-state index is 13.4. The molecule has 1 aliphatic heterocycles. The van der Waals surface area contributed by atoms with Gasteiger partial charge in [-0.15, -0.1) is 5.10 Å². The lowest BCUT2D eigenvalue weighted by Gasteiger charge is -2.38. The van der Waals surface area contributed by atoms with Crippen LogP contribution in [0.2, 0.25) is 0 Å². The minimum atomic E-state index is -4.76. The van der Waals surface area contributed by atoms with E-state index in [1.54, 1.807) is 7.05 Å². The van der Waals surface area contributed by atoms with Gasteiger partial charge in [0.15, 0.2) is 5.82 Å². The SMILES string of the molecule is Cn1ncc(N(C2CCOCC2)S(=O)(=O)N([O-])C(=O)Nc2c3c(cc4c2CCC4)CCC3)n1. The number of carbonyl (C=O) groups is 1. The van der Waals surface area contributed by atoms with Gasteiger partial charge >= 0.3 is 16.2 Å². The summed E-state index contributed by atoms with van der Waals surface area (Å²) in [6.07, 6.45) is 7.44. The first kappa shape index (κ1) is 22.1. The predicted molar refractivity (Wildman–Crippen MR) is 121 cm³/mol. The highest BCUT2D eigenvalue weighted by Crippen LogP contribution is 2.39. The van der Waals surface area contributed by atoms with E-state index in [-0.39, 0.29) is 5.82 Å². The fourth-order valence-electron chi connectivity index (χ4n) is 5.15.